The van der Waals surface area contributed by atoms with E-state index in [1.54, 1.807) is 7.05 Å². The Bertz CT molecular complexity index is 419. The van der Waals surface area contributed by atoms with Gasteiger partial charge in [0.05, 0.1) is 0 Å². The van der Waals surface area contributed by atoms with Crippen molar-refractivity contribution in [2.75, 3.05) is 7.05 Å². The molecule has 0 spiro atoms. The van der Waals surface area contributed by atoms with Gasteiger partial charge in [0.1, 0.15) is 11.6 Å². The maximum absolute atomic E-state index is 14.1. The molecule has 1 atom stereocenters. The lowest BCUT2D eigenvalue weighted by Gasteiger charge is -2.33. The minimum absolute atomic E-state index is 0.185. The van der Waals surface area contributed by atoms with Gasteiger partial charge in [-0.15, -0.1) is 0 Å². The van der Waals surface area contributed by atoms with Crippen LogP contribution in [0, 0.1) is 23.5 Å². The van der Waals surface area contributed by atoms with Crippen molar-refractivity contribution in [2.45, 2.75) is 38.6 Å². The van der Waals surface area contributed by atoms with Crippen LogP contribution >= 0.6 is 15.9 Å². The van der Waals surface area contributed by atoms with E-state index in [2.05, 4.69) is 28.2 Å². The Balaban J connectivity index is 2.27. The standard InChI is InChI=1S/C15H20BrF2N/c1-9-3-5-10(6-4-9)15(19-2)14-12(17)7-11(16)8-13(14)18/h7-10,15,19H,3-6H2,1-2H3. The van der Waals surface area contributed by atoms with Gasteiger partial charge in [-0.2, -0.15) is 0 Å². The fraction of sp³-hybridized carbons (Fsp3) is 0.600. The van der Waals surface area contributed by atoms with Gasteiger partial charge >= 0.3 is 0 Å². The average molecular weight is 332 g/mol. The Labute approximate surface area is 121 Å². The normalized spacial score (nSPS) is 25.3. The summed E-state index contributed by atoms with van der Waals surface area (Å²) in [5.74, 6) is 0.106. The van der Waals surface area contributed by atoms with Crippen LogP contribution in [0.4, 0.5) is 8.78 Å². The minimum atomic E-state index is -0.468. The highest BCUT2D eigenvalue weighted by Crippen LogP contribution is 2.38. The van der Waals surface area contributed by atoms with Crippen LogP contribution in [0.2, 0.25) is 0 Å². The lowest BCUT2D eigenvalue weighted by atomic mass is 9.77. The summed E-state index contributed by atoms with van der Waals surface area (Å²) in [6.07, 6.45) is 4.34. The smallest absolute Gasteiger partial charge is 0.132 e. The molecule has 1 aliphatic rings. The van der Waals surface area contributed by atoms with E-state index in [0.717, 1.165) is 31.6 Å². The molecule has 1 saturated carbocycles. The molecule has 0 amide bonds. The molecule has 0 radical (unpaired) electrons. The molecule has 19 heavy (non-hydrogen) atoms. The molecule has 1 N–H and O–H groups in total. The molecular weight excluding hydrogens is 312 g/mol. The summed E-state index contributed by atoms with van der Waals surface area (Å²) in [6.45, 7) is 2.24. The Kier molecular flexibility index (Phi) is 4.96. The van der Waals surface area contributed by atoms with Gasteiger partial charge in [0, 0.05) is 16.1 Å². The third-order valence-electron chi connectivity index (χ3n) is 4.20. The zero-order valence-electron chi connectivity index (χ0n) is 11.3. The van der Waals surface area contributed by atoms with Crippen LogP contribution in [-0.4, -0.2) is 7.05 Å². The number of halogens is 3. The van der Waals surface area contributed by atoms with Gasteiger partial charge in [-0.3, -0.25) is 0 Å². The first kappa shape index (κ1) is 14.9. The summed E-state index contributed by atoms with van der Waals surface area (Å²) in [6, 6.07) is 2.45. The van der Waals surface area contributed by atoms with Crippen molar-refractivity contribution >= 4 is 15.9 Å². The van der Waals surface area contributed by atoms with Crippen molar-refractivity contribution < 1.29 is 8.78 Å². The fourth-order valence-corrected chi connectivity index (χ4v) is 3.49. The molecule has 1 fully saturated rings. The Morgan fingerprint density at radius 3 is 2.16 bits per heavy atom. The largest absolute Gasteiger partial charge is 0.313 e. The Morgan fingerprint density at radius 2 is 1.68 bits per heavy atom. The molecule has 2 rings (SSSR count). The maximum Gasteiger partial charge on any atom is 0.132 e. The first-order chi connectivity index (χ1) is 9.02. The molecule has 1 nitrogen and oxygen atoms in total. The summed E-state index contributed by atoms with van der Waals surface area (Å²) in [5, 5.41) is 3.11. The van der Waals surface area contributed by atoms with Gasteiger partial charge in [-0.1, -0.05) is 35.7 Å². The molecule has 1 aliphatic carbocycles. The van der Waals surface area contributed by atoms with E-state index >= 15 is 0 Å². The number of hydrogen-bond acceptors (Lipinski definition) is 1. The van der Waals surface area contributed by atoms with Crippen molar-refractivity contribution in [3.8, 4) is 0 Å². The lowest BCUT2D eigenvalue weighted by Crippen LogP contribution is -2.30. The molecule has 0 heterocycles. The zero-order valence-corrected chi connectivity index (χ0v) is 12.9. The van der Waals surface area contributed by atoms with Crippen LogP contribution < -0.4 is 5.32 Å². The van der Waals surface area contributed by atoms with Gasteiger partial charge in [0.15, 0.2) is 0 Å². The van der Waals surface area contributed by atoms with E-state index in [-0.39, 0.29) is 11.6 Å². The molecule has 1 aromatic carbocycles. The molecule has 0 aliphatic heterocycles. The van der Waals surface area contributed by atoms with Crippen molar-refractivity contribution in [1.29, 1.82) is 0 Å². The predicted octanol–water partition coefficient (Wildman–Crippen LogP) is 4.81. The minimum Gasteiger partial charge on any atom is -0.313 e. The Hall–Kier alpha value is -0.480. The SMILES string of the molecule is CNC(c1c(F)cc(Br)cc1F)C1CCC(C)CC1. The fourth-order valence-electron chi connectivity index (χ4n) is 3.09. The predicted molar refractivity (Wildman–Crippen MR) is 77.0 cm³/mol. The number of nitrogens with one attached hydrogen (secondary N) is 1. The summed E-state index contributed by atoms with van der Waals surface area (Å²) in [7, 11) is 1.78. The van der Waals surface area contributed by atoms with Crippen LogP contribution in [0.15, 0.2) is 16.6 Å². The van der Waals surface area contributed by atoms with Crippen molar-refractivity contribution in [3.63, 3.8) is 0 Å². The molecule has 0 aromatic heterocycles. The number of rotatable bonds is 3. The van der Waals surface area contributed by atoms with Gasteiger partial charge in [-0.25, -0.2) is 8.78 Å². The first-order valence-electron chi connectivity index (χ1n) is 6.84. The van der Waals surface area contributed by atoms with Crippen LogP contribution in [-0.2, 0) is 0 Å². The zero-order chi connectivity index (χ0) is 14.0. The number of benzene rings is 1. The van der Waals surface area contributed by atoms with Crippen molar-refractivity contribution in [2.24, 2.45) is 11.8 Å². The molecule has 0 saturated heterocycles. The highest BCUT2D eigenvalue weighted by molar-refractivity contribution is 9.10. The van der Waals surface area contributed by atoms with Crippen molar-refractivity contribution in [3.05, 3.63) is 33.8 Å². The Morgan fingerprint density at radius 1 is 1.16 bits per heavy atom. The lowest BCUT2D eigenvalue weighted by molar-refractivity contribution is 0.231. The number of hydrogen-bond donors (Lipinski definition) is 1. The molecule has 4 heteroatoms. The van der Waals surface area contributed by atoms with E-state index in [1.807, 2.05) is 0 Å². The third kappa shape index (κ3) is 3.34. The van der Waals surface area contributed by atoms with E-state index in [1.165, 1.54) is 12.1 Å². The second kappa shape index (κ2) is 6.31. The summed E-state index contributed by atoms with van der Waals surface area (Å²) in [5.41, 5.74) is 0.185. The third-order valence-corrected chi connectivity index (χ3v) is 4.66. The summed E-state index contributed by atoms with van der Waals surface area (Å²) in [4.78, 5) is 0. The second-order valence-corrected chi connectivity index (χ2v) is 6.49. The van der Waals surface area contributed by atoms with Crippen LogP contribution in [0.1, 0.15) is 44.2 Å². The van der Waals surface area contributed by atoms with Gasteiger partial charge in [0.2, 0.25) is 0 Å². The van der Waals surface area contributed by atoms with Gasteiger partial charge in [0.25, 0.3) is 0 Å². The highest BCUT2D eigenvalue weighted by Gasteiger charge is 2.30. The van der Waals surface area contributed by atoms with Gasteiger partial charge in [-0.05, 0) is 43.9 Å². The summed E-state index contributed by atoms with van der Waals surface area (Å²) < 4.78 is 28.6. The average Bonchev–Trinajstić information content (AvgIpc) is 2.35. The molecule has 106 valence electrons. The molecule has 1 aromatic rings. The maximum atomic E-state index is 14.1. The first-order valence-corrected chi connectivity index (χ1v) is 7.64. The van der Waals surface area contributed by atoms with Crippen LogP contribution in [0.5, 0.6) is 0 Å². The molecule has 1 unspecified atom stereocenters. The van der Waals surface area contributed by atoms with Crippen LogP contribution in [0.3, 0.4) is 0 Å². The van der Waals surface area contributed by atoms with E-state index in [4.69, 9.17) is 0 Å². The van der Waals surface area contributed by atoms with Gasteiger partial charge < -0.3 is 5.32 Å². The highest BCUT2D eigenvalue weighted by atomic mass is 79.9. The van der Waals surface area contributed by atoms with Crippen molar-refractivity contribution in [1.82, 2.24) is 5.32 Å². The summed E-state index contributed by atoms with van der Waals surface area (Å²) >= 11 is 3.12. The van der Waals surface area contributed by atoms with E-state index in [9.17, 15) is 8.78 Å². The van der Waals surface area contributed by atoms with E-state index < -0.39 is 11.6 Å². The molecular formula is C15H20BrF2N. The van der Waals surface area contributed by atoms with Crippen LogP contribution in [0.25, 0.3) is 0 Å². The van der Waals surface area contributed by atoms with E-state index in [0.29, 0.717) is 10.4 Å². The second-order valence-electron chi connectivity index (χ2n) is 5.57. The quantitative estimate of drug-likeness (QED) is 0.837. The topological polar surface area (TPSA) is 12.0 Å². The molecule has 0 bridgehead atoms. The monoisotopic (exact) mass is 331 g/mol.